The van der Waals surface area contributed by atoms with Crippen LogP contribution < -0.4 is 5.32 Å². The van der Waals surface area contributed by atoms with Gasteiger partial charge in [-0.15, -0.1) is 0 Å². The Hall–Kier alpha value is -1.18. The summed E-state index contributed by atoms with van der Waals surface area (Å²) in [5, 5.41) is 3.53. The third-order valence-electron chi connectivity index (χ3n) is 5.32. The second kappa shape index (κ2) is 12.4. The third kappa shape index (κ3) is 7.33. The molecule has 158 valence electrons. The summed E-state index contributed by atoms with van der Waals surface area (Å²) in [6.07, 6.45) is 11.1. The highest BCUT2D eigenvalue weighted by molar-refractivity contribution is 7.98. The van der Waals surface area contributed by atoms with E-state index in [1.807, 2.05) is 23.9 Å². The zero-order chi connectivity index (χ0) is 19.4. The maximum absolute atomic E-state index is 6.15. The van der Waals surface area contributed by atoms with Crippen molar-refractivity contribution in [3.63, 3.8) is 0 Å². The minimum Gasteiger partial charge on any atom is -0.469 e. The lowest BCUT2D eigenvalue weighted by molar-refractivity contribution is -0.0721. The van der Waals surface area contributed by atoms with Crippen LogP contribution in [0.3, 0.4) is 0 Å². The number of piperidine rings is 1. The van der Waals surface area contributed by atoms with Crippen molar-refractivity contribution < 1.29 is 13.9 Å². The van der Waals surface area contributed by atoms with Gasteiger partial charge in [0.05, 0.1) is 31.6 Å². The van der Waals surface area contributed by atoms with Gasteiger partial charge in [-0.2, -0.15) is 11.8 Å². The van der Waals surface area contributed by atoms with Crippen LogP contribution in [0.1, 0.15) is 37.9 Å². The predicted molar refractivity (Wildman–Crippen MR) is 115 cm³/mol. The molecule has 1 aromatic rings. The highest BCUT2D eigenvalue weighted by Crippen LogP contribution is 2.18. The number of nitrogens with one attached hydrogen (secondary N) is 1. The highest BCUT2D eigenvalue weighted by atomic mass is 32.2. The van der Waals surface area contributed by atoms with E-state index in [0.717, 1.165) is 82.5 Å². The number of ether oxygens (including phenoxy) is 2. The summed E-state index contributed by atoms with van der Waals surface area (Å²) >= 11 is 1.83. The minimum absolute atomic E-state index is 0.304. The molecule has 0 amide bonds. The van der Waals surface area contributed by atoms with E-state index in [1.54, 1.807) is 6.26 Å². The number of furan rings is 1. The average Bonchev–Trinajstić information content (AvgIpc) is 3.26. The molecule has 28 heavy (non-hydrogen) atoms. The first kappa shape index (κ1) is 21.5. The van der Waals surface area contributed by atoms with Gasteiger partial charge >= 0.3 is 0 Å². The van der Waals surface area contributed by atoms with E-state index in [0.29, 0.717) is 12.2 Å². The van der Waals surface area contributed by atoms with Crippen molar-refractivity contribution in [2.24, 2.45) is 4.99 Å². The Bertz CT molecular complexity index is 553. The van der Waals surface area contributed by atoms with Gasteiger partial charge in [-0.25, -0.2) is 0 Å². The van der Waals surface area contributed by atoms with Crippen LogP contribution in [0.2, 0.25) is 0 Å². The van der Waals surface area contributed by atoms with Crippen LogP contribution in [0, 0.1) is 0 Å². The molecule has 2 fully saturated rings. The zero-order valence-corrected chi connectivity index (χ0v) is 17.9. The fraction of sp³-hybridized carbons (Fsp3) is 0.762. The van der Waals surface area contributed by atoms with Gasteiger partial charge in [0.15, 0.2) is 5.96 Å². The first-order chi connectivity index (χ1) is 13.8. The van der Waals surface area contributed by atoms with Crippen LogP contribution in [0.15, 0.2) is 27.8 Å². The fourth-order valence-electron chi connectivity index (χ4n) is 3.68. The SMILES string of the molecule is CSCCN=C(NCCc1ccco1)N1CCC(OCC2CCCCO2)CC1. The van der Waals surface area contributed by atoms with E-state index in [2.05, 4.69) is 16.5 Å². The number of likely N-dealkylation sites (tertiary alicyclic amines) is 1. The monoisotopic (exact) mass is 409 g/mol. The Balaban J connectivity index is 1.41. The lowest BCUT2D eigenvalue weighted by Crippen LogP contribution is -2.48. The van der Waals surface area contributed by atoms with Gasteiger partial charge in [-0.05, 0) is 50.5 Å². The van der Waals surface area contributed by atoms with Gasteiger partial charge in [0.25, 0.3) is 0 Å². The summed E-state index contributed by atoms with van der Waals surface area (Å²) in [5.74, 6) is 3.08. The molecule has 2 aliphatic rings. The van der Waals surface area contributed by atoms with Crippen LogP contribution in [0.5, 0.6) is 0 Å². The van der Waals surface area contributed by atoms with Gasteiger partial charge in [0.1, 0.15) is 5.76 Å². The summed E-state index contributed by atoms with van der Waals surface area (Å²) in [5.41, 5.74) is 0. The van der Waals surface area contributed by atoms with Gasteiger partial charge < -0.3 is 24.1 Å². The molecule has 1 N–H and O–H groups in total. The van der Waals surface area contributed by atoms with Gasteiger partial charge in [0, 0.05) is 38.4 Å². The summed E-state index contributed by atoms with van der Waals surface area (Å²) in [4.78, 5) is 7.19. The summed E-state index contributed by atoms with van der Waals surface area (Å²) < 4.78 is 17.4. The second-order valence-corrected chi connectivity index (χ2v) is 8.45. The lowest BCUT2D eigenvalue weighted by Gasteiger charge is -2.35. The molecule has 3 heterocycles. The molecule has 1 atom stereocenters. The Kier molecular flexibility index (Phi) is 9.53. The highest BCUT2D eigenvalue weighted by Gasteiger charge is 2.23. The number of guanidine groups is 1. The van der Waals surface area contributed by atoms with Gasteiger partial charge in [-0.3, -0.25) is 4.99 Å². The van der Waals surface area contributed by atoms with E-state index >= 15 is 0 Å². The quantitative estimate of drug-likeness (QED) is 0.384. The number of hydrogen-bond donors (Lipinski definition) is 1. The van der Waals surface area contributed by atoms with Crippen molar-refractivity contribution in [1.82, 2.24) is 10.2 Å². The molecule has 3 rings (SSSR count). The van der Waals surface area contributed by atoms with Crippen LogP contribution >= 0.6 is 11.8 Å². The fourth-order valence-corrected chi connectivity index (χ4v) is 3.95. The van der Waals surface area contributed by atoms with Crippen molar-refractivity contribution in [1.29, 1.82) is 0 Å². The zero-order valence-electron chi connectivity index (χ0n) is 17.1. The molecule has 0 aromatic carbocycles. The summed E-state index contributed by atoms with van der Waals surface area (Å²) in [6, 6.07) is 3.96. The van der Waals surface area contributed by atoms with E-state index in [1.165, 1.54) is 12.8 Å². The topological polar surface area (TPSA) is 59.2 Å². The normalized spacial score (nSPS) is 21.8. The first-order valence-electron chi connectivity index (χ1n) is 10.6. The number of aliphatic imine (C=N–C) groups is 1. The van der Waals surface area contributed by atoms with Gasteiger partial charge in [-0.1, -0.05) is 0 Å². The largest absolute Gasteiger partial charge is 0.469 e. The van der Waals surface area contributed by atoms with E-state index < -0.39 is 0 Å². The van der Waals surface area contributed by atoms with Crippen LogP contribution in [-0.4, -0.2) is 74.5 Å². The summed E-state index contributed by atoms with van der Waals surface area (Å²) in [6.45, 7) is 5.30. The Morgan fingerprint density at radius 1 is 1.32 bits per heavy atom. The molecule has 7 heteroatoms. The maximum Gasteiger partial charge on any atom is 0.193 e. The second-order valence-electron chi connectivity index (χ2n) is 7.46. The molecular weight excluding hydrogens is 374 g/mol. The molecule has 6 nitrogen and oxygen atoms in total. The molecule has 0 spiro atoms. The Labute approximate surface area is 173 Å². The maximum atomic E-state index is 6.15. The Morgan fingerprint density at radius 2 is 2.21 bits per heavy atom. The van der Waals surface area contributed by atoms with Crippen molar-refractivity contribution >= 4 is 17.7 Å². The van der Waals surface area contributed by atoms with Crippen molar-refractivity contribution in [2.45, 2.75) is 50.7 Å². The van der Waals surface area contributed by atoms with E-state index in [9.17, 15) is 0 Å². The van der Waals surface area contributed by atoms with Crippen molar-refractivity contribution in [3.05, 3.63) is 24.2 Å². The van der Waals surface area contributed by atoms with Crippen LogP contribution in [0.4, 0.5) is 0 Å². The van der Waals surface area contributed by atoms with Gasteiger partial charge in [0.2, 0.25) is 0 Å². The molecular formula is C21H35N3O3S. The smallest absolute Gasteiger partial charge is 0.193 e. The molecule has 0 saturated carbocycles. The molecule has 0 radical (unpaired) electrons. The van der Waals surface area contributed by atoms with Crippen molar-refractivity contribution in [2.75, 3.05) is 51.4 Å². The standard InChI is InChI=1S/C21H35N3O3S/c1-28-16-11-23-21(22-10-7-18-6-4-15-25-18)24-12-8-19(9-13-24)27-17-20-5-2-3-14-26-20/h4,6,15,19-20H,2-3,5,7-14,16-17H2,1H3,(H,22,23). The van der Waals surface area contributed by atoms with Crippen LogP contribution in [0.25, 0.3) is 0 Å². The number of rotatable bonds is 9. The van der Waals surface area contributed by atoms with Crippen molar-refractivity contribution in [3.8, 4) is 0 Å². The average molecular weight is 410 g/mol. The molecule has 1 unspecified atom stereocenters. The Morgan fingerprint density at radius 3 is 2.93 bits per heavy atom. The predicted octanol–water partition coefficient (Wildman–Crippen LogP) is 3.18. The number of thioether (sulfide) groups is 1. The lowest BCUT2D eigenvalue weighted by atomic mass is 10.1. The molecule has 1 aromatic heterocycles. The van der Waals surface area contributed by atoms with E-state index in [4.69, 9.17) is 18.9 Å². The molecule has 0 aliphatic carbocycles. The minimum atomic E-state index is 0.304. The first-order valence-corrected chi connectivity index (χ1v) is 12.0. The number of nitrogens with zero attached hydrogens (tertiary/aromatic N) is 2. The molecule has 2 aliphatic heterocycles. The molecule has 2 saturated heterocycles. The summed E-state index contributed by atoms with van der Waals surface area (Å²) in [7, 11) is 0. The van der Waals surface area contributed by atoms with Crippen LogP contribution in [-0.2, 0) is 15.9 Å². The number of hydrogen-bond acceptors (Lipinski definition) is 5. The third-order valence-corrected chi connectivity index (χ3v) is 5.92. The van der Waals surface area contributed by atoms with E-state index in [-0.39, 0.29) is 0 Å². The molecule has 0 bridgehead atoms.